The summed E-state index contributed by atoms with van der Waals surface area (Å²) >= 11 is 0. The number of hydrogen-bond acceptors (Lipinski definition) is 1. The van der Waals surface area contributed by atoms with Crippen molar-refractivity contribution in [3.8, 4) is 0 Å². The molecule has 0 bridgehead atoms. The number of hydroxylamine groups is 3. The summed E-state index contributed by atoms with van der Waals surface area (Å²) in [5.41, 5.74) is 0. The van der Waals surface area contributed by atoms with Gasteiger partial charge in [-0.1, -0.05) is 111 Å². The Morgan fingerprint density at radius 1 is 0.385 bits per heavy atom. The van der Waals surface area contributed by atoms with E-state index in [0.29, 0.717) is 0 Å². The van der Waals surface area contributed by atoms with Crippen LogP contribution in [-0.2, 0) is 0 Å². The van der Waals surface area contributed by atoms with E-state index in [1.165, 1.54) is 96.3 Å². The largest absolute Gasteiger partial charge is 0.633 e. The van der Waals surface area contributed by atoms with Gasteiger partial charge in [-0.05, 0) is 25.7 Å². The van der Waals surface area contributed by atoms with Crippen LogP contribution in [0.3, 0.4) is 0 Å². The SMILES string of the molecule is CCCCCCCCCCCCCCCCCC[N+]([O-])(CCC)CCC. The van der Waals surface area contributed by atoms with Gasteiger partial charge in [0.05, 0.1) is 19.6 Å². The first-order chi connectivity index (χ1) is 12.7. The predicted octanol–water partition coefficient (Wildman–Crippen LogP) is 8.38. The average Bonchev–Trinajstić information content (AvgIpc) is 2.62. The minimum absolute atomic E-state index is 0.0611. The van der Waals surface area contributed by atoms with Gasteiger partial charge >= 0.3 is 0 Å². The molecular weight excluding hydrogens is 318 g/mol. The molecule has 0 aromatic heterocycles. The van der Waals surface area contributed by atoms with E-state index in [1.54, 1.807) is 0 Å². The molecule has 0 aromatic carbocycles. The Morgan fingerprint density at radius 2 is 0.692 bits per heavy atom. The summed E-state index contributed by atoms with van der Waals surface area (Å²) < 4.78 is 0.0611. The Kier molecular flexibility index (Phi) is 19.6. The zero-order valence-corrected chi connectivity index (χ0v) is 18.7. The summed E-state index contributed by atoms with van der Waals surface area (Å²) in [7, 11) is 0. The maximum atomic E-state index is 12.6. The zero-order valence-electron chi connectivity index (χ0n) is 18.7. The lowest BCUT2D eigenvalue weighted by Gasteiger charge is -2.42. The number of unbranched alkanes of at least 4 members (excludes halogenated alkanes) is 15. The van der Waals surface area contributed by atoms with E-state index in [0.717, 1.165) is 38.9 Å². The first-order valence-electron chi connectivity index (χ1n) is 12.3. The van der Waals surface area contributed by atoms with Crippen molar-refractivity contribution in [2.24, 2.45) is 0 Å². The molecular formula is C24H51NO. The van der Waals surface area contributed by atoms with Crippen LogP contribution in [0.15, 0.2) is 0 Å². The molecule has 0 rings (SSSR count). The zero-order chi connectivity index (χ0) is 19.3. The lowest BCUT2D eigenvalue weighted by Crippen LogP contribution is -2.44. The number of rotatable bonds is 21. The van der Waals surface area contributed by atoms with Crippen LogP contribution in [0.1, 0.15) is 136 Å². The summed E-state index contributed by atoms with van der Waals surface area (Å²) in [4.78, 5) is 0. The molecule has 0 N–H and O–H groups in total. The van der Waals surface area contributed by atoms with Gasteiger partial charge in [0.1, 0.15) is 0 Å². The summed E-state index contributed by atoms with van der Waals surface area (Å²) in [6.07, 6.45) is 24.3. The van der Waals surface area contributed by atoms with Crippen LogP contribution in [0.2, 0.25) is 0 Å². The Morgan fingerprint density at radius 3 is 1.00 bits per heavy atom. The molecule has 158 valence electrons. The normalized spacial score (nSPS) is 12.0. The standard InChI is InChI=1S/C24H51NO/c1-4-7-8-9-10-11-12-13-14-15-16-17-18-19-20-21-24-25(26,22-5-2)23-6-3/h4-24H2,1-3H3. The van der Waals surface area contributed by atoms with Crippen LogP contribution in [0.5, 0.6) is 0 Å². The molecule has 0 saturated heterocycles. The highest BCUT2D eigenvalue weighted by atomic mass is 16.5. The van der Waals surface area contributed by atoms with Gasteiger partial charge in [0.2, 0.25) is 0 Å². The first-order valence-corrected chi connectivity index (χ1v) is 12.3. The van der Waals surface area contributed by atoms with Gasteiger partial charge in [0.25, 0.3) is 0 Å². The molecule has 0 aliphatic carbocycles. The number of nitrogens with zero attached hydrogens (tertiary/aromatic N) is 1. The molecule has 0 fully saturated rings. The van der Waals surface area contributed by atoms with Crippen LogP contribution < -0.4 is 0 Å². The third kappa shape index (κ3) is 17.3. The van der Waals surface area contributed by atoms with Gasteiger partial charge in [-0.3, -0.25) is 0 Å². The van der Waals surface area contributed by atoms with Crippen LogP contribution >= 0.6 is 0 Å². The molecule has 0 radical (unpaired) electrons. The van der Waals surface area contributed by atoms with E-state index >= 15 is 0 Å². The van der Waals surface area contributed by atoms with Crippen molar-refractivity contribution in [3.63, 3.8) is 0 Å². The molecule has 2 heteroatoms. The Labute approximate surface area is 166 Å². The van der Waals surface area contributed by atoms with Crippen molar-refractivity contribution >= 4 is 0 Å². The molecule has 0 saturated carbocycles. The predicted molar refractivity (Wildman–Crippen MR) is 118 cm³/mol. The summed E-state index contributed by atoms with van der Waals surface area (Å²) in [6, 6.07) is 0. The molecule has 0 aliphatic rings. The highest BCUT2D eigenvalue weighted by molar-refractivity contribution is 4.51. The fraction of sp³-hybridized carbons (Fsp3) is 1.00. The van der Waals surface area contributed by atoms with Crippen molar-refractivity contribution < 1.29 is 4.65 Å². The molecule has 0 aliphatic heterocycles. The van der Waals surface area contributed by atoms with Gasteiger partial charge in [-0.25, -0.2) is 0 Å². The first kappa shape index (κ1) is 25.9. The third-order valence-electron chi connectivity index (χ3n) is 5.68. The molecule has 0 atom stereocenters. The van der Waals surface area contributed by atoms with E-state index < -0.39 is 0 Å². The Balaban J connectivity index is 3.26. The monoisotopic (exact) mass is 369 g/mol. The van der Waals surface area contributed by atoms with Gasteiger partial charge in [-0.2, -0.15) is 0 Å². The fourth-order valence-corrected chi connectivity index (χ4v) is 4.10. The second-order valence-electron chi connectivity index (χ2n) is 8.53. The lowest BCUT2D eigenvalue weighted by molar-refractivity contribution is -0.881. The maximum Gasteiger partial charge on any atom is 0.0783 e. The van der Waals surface area contributed by atoms with Gasteiger partial charge in [0.15, 0.2) is 0 Å². The van der Waals surface area contributed by atoms with Crippen molar-refractivity contribution in [3.05, 3.63) is 5.21 Å². The molecule has 2 nitrogen and oxygen atoms in total. The lowest BCUT2D eigenvalue weighted by atomic mass is 10.0. The molecule has 26 heavy (non-hydrogen) atoms. The van der Waals surface area contributed by atoms with Crippen LogP contribution in [0.4, 0.5) is 0 Å². The fourth-order valence-electron chi connectivity index (χ4n) is 4.10. The number of hydrogen-bond donors (Lipinski definition) is 0. The van der Waals surface area contributed by atoms with E-state index in [9.17, 15) is 5.21 Å². The quantitative estimate of drug-likeness (QED) is 0.113. The highest BCUT2D eigenvalue weighted by Gasteiger charge is 2.13. The smallest absolute Gasteiger partial charge is 0.0783 e. The average molecular weight is 370 g/mol. The van der Waals surface area contributed by atoms with E-state index in [2.05, 4.69) is 20.8 Å². The van der Waals surface area contributed by atoms with E-state index in [4.69, 9.17) is 0 Å². The van der Waals surface area contributed by atoms with Crippen LogP contribution in [0, 0.1) is 5.21 Å². The Hall–Kier alpha value is -0.0800. The summed E-state index contributed by atoms with van der Waals surface area (Å²) in [5, 5.41) is 12.6. The van der Waals surface area contributed by atoms with Crippen LogP contribution in [-0.4, -0.2) is 24.3 Å². The van der Waals surface area contributed by atoms with Gasteiger partial charge in [-0.15, -0.1) is 0 Å². The van der Waals surface area contributed by atoms with Gasteiger partial charge < -0.3 is 9.85 Å². The highest BCUT2D eigenvalue weighted by Crippen LogP contribution is 2.15. The van der Waals surface area contributed by atoms with Gasteiger partial charge in [0, 0.05) is 0 Å². The maximum absolute atomic E-state index is 12.6. The van der Waals surface area contributed by atoms with Crippen LogP contribution in [0.25, 0.3) is 0 Å². The second kappa shape index (κ2) is 19.7. The van der Waals surface area contributed by atoms with E-state index in [1.807, 2.05) is 0 Å². The second-order valence-corrected chi connectivity index (χ2v) is 8.53. The Bertz CT molecular complexity index is 261. The molecule has 0 heterocycles. The molecule has 0 spiro atoms. The van der Waals surface area contributed by atoms with Crippen molar-refractivity contribution in [1.82, 2.24) is 0 Å². The minimum Gasteiger partial charge on any atom is -0.633 e. The summed E-state index contributed by atoms with van der Waals surface area (Å²) in [5.74, 6) is 0. The minimum atomic E-state index is 0.0611. The van der Waals surface area contributed by atoms with E-state index in [-0.39, 0.29) is 4.65 Å². The van der Waals surface area contributed by atoms with Crippen molar-refractivity contribution in [2.45, 2.75) is 136 Å². The topological polar surface area (TPSA) is 23.1 Å². The third-order valence-corrected chi connectivity index (χ3v) is 5.68. The van der Waals surface area contributed by atoms with Crippen molar-refractivity contribution in [2.75, 3.05) is 19.6 Å². The molecule has 0 amide bonds. The summed E-state index contributed by atoms with van der Waals surface area (Å²) in [6.45, 7) is 9.03. The molecule has 0 aromatic rings. The van der Waals surface area contributed by atoms with Crippen molar-refractivity contribution in [1.29, 1.82) is 0 Å². The molecule has 0 unspecified atom stereocenters. The number of quaternary nitrogens is 1.